The van der Waals surface area contributed by atoms with Crippen molar-refractivity contribution in [3.8, 4) is 0 Å². The summed E-state index contributed by atoms with van der Waals surface area (Å²) in [4.78, 5) is 35.5. The third kappa shape index (κ3) is 6.40. The second-order valence-electron chi connectivity index (χ2n) is 5.88. The normalized spacial score (nSPS) is 11.9. The predicted molar refractivity (Wildman–Crippen MR) is 104 cm³/mol. The fraction of sp³-hybridized carbons (Fsp3) is 0.211. The zero-order valence-corrected chi connectivity index (χ0v) is 16.6. The molecule has 0 aliphatic rings. The van der Waals surface area contributed by atoms with Crippen LogP contribution in [0.25, 0.3) is 0 Å². The van der Waals surface area contributed by atoms with E-state index in [-0.39, 0.29) is 10.5 Å². The van der Waals surface area contributed by atoms with E-state index in [4.69, 9.17) is 4.74 Å². The lowest BCUT2D eigenvalue weighted by molar-refractivity contribution is -0.148. The van der Waals surface area contributed by atoms with E-state index in [1.807, 2.05) is 0 Å². The number of benzene rings is 2. The number of rotatable bonds is 8. The zero-order valence-electron chi connectivity index (χ0n) is 15.7. The Bertz CT molecular complexity index is 991. The summed E-state index contributed by atoms with van der Waals surface area (Å²) in [6.07, 6.45) is 0. The number of carbonyl (C=O) groups is 3. The van der Waals surface area contributed by atoms with E-state index in [1.165, 1.54) is 38.3 Å². The van der Waals surface area contributed by atoms with Gasteiger partial charge < -0.3 is 14.8 Å². The Morgan fingerprint density at radius 3 is 2.38 bits per heavy atom. The van der Waals surface area contributed by atoms with Gasteiger partial charge in [-0.2, -0.15) is 4.72 Å². The average molecular weight is 420 g/mol. The second kappa shape index (κ2) is 9.80. The van der Waals surface area contributed by atoms with Crippen LogP contribution in [0.4, 0.5) is 5.69 Å². The summed E-state index contributed by atoms with van der Waals surface area (Å²) in [5.74, 6) is -2.13. The molecule has 0 spiro atoms. The lowest BCUT2D eigenvalue weighted by Crippen LogP contribution is -2.40. The molecule has 2 N–H and O–H groups in total. The van der Waals surface area contributed by atoms with E-state index in [9.17, 15) is 22.8 Å². The van der Waals surface area contributed by atoms with E-state index in [1.54, 1.807) is 30.3 Å². The number of nitrogens with one attached hydrogen (secondary N) is 2. The second-order valence-corrected chi connectivity index (χ2v) is 7.60. The molecule has 9 nitrogen and oxygen atoms in total. The quantitative estimate of drug-likeness (QED) is 0.617. The molecule has 0 unspecified atom stereocenters. The predicted octanol–water partition coefficient (Wildman–Crippen LogP) is 1.32. The lowest BCUT2D eigenvalue weighted by atomic mass is 10.2. The van der Waals surface area contributed by atoms with Crippen molar-refractivity contribution >= 4 is 33.6 Å². The molecule has 2 aromatic carbocycles. The van der Waals surface area contributed by atoms with Gasteiger partial charge in [-0.25, -0.2) is 13.2 Å². The maximum atomic E-state index is 12.2. The van der Waals surface area contributed by atoms with Crippen molar-refractivity contribution in [3.63, 3.8) is 0 Å². The number of ether oxygens (including phenoxy) is 2. The first-order valence-corrected chi connectivity index (χ1v) is 9.93. The molecule has 0 aliphatic heterocycles. The molecule has 2 aromatic rings. The van der Waals surface area contributed by atoms with Gasteiger partial charge in [-0.1, -0.05) is 24.3 Å². The number of carbonyl (C=O) groups excluding carboxylic acids is 3. The molecule has 10 heteroatoms. The van der Waals surface area contributed by atoms with E-state index in [2.05, 4.69) is 14.8 Å². The third-order valence-corrected chi connectivity index (χ3v) is 5.21. The fourth-order valence-electron chi connectivity index (χ4n) is 2.25. The van der Waals surface area contributed by atoms with Crippen molar-refractivity contribution in [2.45, 2.75) is 17.9 Å². The first-order valence-electron chi connectivity index (χ1n) is 8.45. The summed E-state index contributed by atoms with van der Waals surface area (Å²) >= 11 is 0. The summed E-state index contributed by atoms with van der Waals surface area (Å²) in [6, 6.07) is 12.4. The highest BCUT2D eigenvalue weighted by Gasteiger charge is 2.23. The number of methoxy groups -OCH3 is 1. The molecule has 154 valence electrons. The maximum Gasteiger partial charge on any atom is 0.337 e. The van der Waals surface area contributed by atoms with Gasteiger partial charge in [0.2, 0.25) is 10.0 Å². The van der Waals surface area contributed by atoms with Gasteiger partial charge in [-0.3, -0.25) is 9.59 Å². The number of amides is 1. The Hall–Kier alpha value is -3.24. The molecule has 0 radical (unpaired) electrons. The largest absolute Gasteiger partial charge is 0.465 e. The van der Waals surface area contributed by atoms with Crippen LogP contribution in [0.2, 0.25) is 0 Å². The van der Waals surface area contributed by atoms with Gasteiger partial charge in [0.05, 0.1) is 17.6 Å². The van der Waals surface area contributed by atoms with Crippen molar-refractivity contribution in [1.82, 2.24) is 4.72 Å². The minimum absolute atomic E-state index is 0.00267. The lowest BCUT2D eigenvalue weighted by Gasteiger charge is -2.14. The van der Waals surface area contributed by atoms with Crippen LogP contribution in [0.3, 0.4) is 0 Å². The molecular formula is C19H20N2O7S. The monoisotopic (exact) mass is 420 g/mol. The highest BCUT2D eigenvalue weighted by molar-refractivity contribution is 7.89. The number of anilines is 1. The van der Waals surface area contributed by atoms with Crippen LogP contribution in [-0.2, 0) is 29.1 Å². The van der Waals surface area contributed by atoms with Crippen LogP contribution in [0.5, 0.6) is 0 Å². The molecule has 29 heavy (non-hydrogen) atoms. The van der Waals surface area contributed by atoms with E-state index >= 15 is 0 Å². The summed E-state index contributed by atoms with van der Waals surface area (Å²) < 4.78 is 36.0. The minimum atomic E-state index is -3.90. The number of esters is 2. The molecule has 1 amide bonds. The molecule has 0 aliphatic carbocycles. The van der Waals surface area contributed by atoms with Crippen molar-refractivity contribution in [1.29, 1.82) is 0 Å². The summed E-state index contributed by atoms with van der Waals surface area (Å²) in [5, 5.41) is 2.47. The van der Waals surface area contributed by atoms with Gasteiger partial charge >= 0.3 is 11.9 Å². The Balaban J connectivity index is 1.88. The molecule has 0 bridgehead atoms. The van der Waals surface area contributed by atoms with Crippen LogP contribution in [0, 0.1) is 0 Å². The first-order chi connectivity index (χ1) is 13.7. The van der Waals surface area contributed by atoms with Gasteiger partial charge in [0.15, 0.2) is 6.61 Å². The van der Waals surface area contributed by atoms with Crippen molar-refractivity contribution in [2.24, 2.45) is 0 Å². The van der Waals surface area contributed by atoms with Gasteiger partial charge in [-0.15, -0.1) is 0 Å². The summed E-state index contributed by atoms with van der Waals surface area (Å²) in [7, 11) is -2.67. The van der Waals surface area contributed by atoms with Crippen molar-refractivity contribution in [3.05, 3.63) is 60.2 Å². The van der Waals surface area contributed by atoms with Crippen molar-refractivity contribution < 1.29 is 32.3 Å². The van der Waals surface area contributed by atoms with Gasteiger partial charge in [0, 0.05) is 5.69 Å². The smallest absolute Gasteiger partial charge is 0.337 e. The van der Waals surface area contributed by atoms with E-state index < -0.39 is 40.5 Å². The van der Waals surface area contributed by atoms with Crippen LogP contribution in [-0.4, -0.2) is 46.0 Å². The molecule has 2 rings (SSSR count). The highest BCUT2D eigenvalue weighted by atomic mass is 32.2. The Kier molecular flexibility index (Phi) is 7.46. The third-order valence-electron chi connectivity index (χ3n) is 3.65. The van der Waals surface area contributed by atoms with E-state index in [0.29, 0.717) is 5.69 Å². The van der Waals surface area contributed by atoms with Crippen LogP contribution >= 0.6 is 0 Å². The molecule has 0 saturated carbocycles. The van der Waals surface area contributed by atoms with Crippen molar-refractivity contribution in [2.75, 3.05) is 19.0 Å². The molecule has 0 fully saturated rings. The Morgan fingerprint density at radius 2 is 1.72 bits per heavy atom. The average Bonchev–Trinajstić information content (AvgIpc) is 2.71. The van der Waals surface area contributed by atoms with Gasteiger partial charge in [0.25, 0.3) is 5.91 Å². The molecule has 1 atom stereocenters. The topological polar surface area (TPSA) is 128 Å². The fourth-order valence-corrected chi connectivity index (χ4v) is 3.46. The minimum Gasteiger partial charge on any atom is -0.465 e. The zero-order chi connectivity index (χ0) is 21.4. The number of sulfonamides is 1. The Morgan fingerprint density at radius 1 is 1.03 bits per heavy atom. The highest BCUT2D eigenvalue weighted by Crippen LogP contribution is 2.12. The van der Waals surface area contributed by atoms with Crippen LogP contribution in [0.15, 0.2) is 59.5 Å². The van der Waals surface area contributed by atoms with Gasteiger partial charge in [0.1, 0.15) is 6.04 Å². The molecule has 0 aromatic heterocycles. The van der Waals surface area contributed by atoms with Gasteiger partial charge in [-0.05, 0) is 37.3 Å². The summed E-state index contributed by atoms with van der Waals surface area (Å²) in [5.41, 5.74) is 0.554. The van der Waals surface area contributed by atoms with E-state index in [0.717, 1.165) is 0 Å². The van der Waals surface area contributed by atoms with Crippen LogP contribution < -0.4 is 10.0 Å². The maximum absolute atomic E-state index is 12.2. The SMILES string of the molecule is COC(=O)c1cccc(NC(=O)COC(=O)[C@H](C)NS(=O)(=O)c2ccccc2)c1. The molecular weight excluding hydrogens is 400 g/mol. The summed E-state index contributed by atoms with van der Waals surface area (Å²) in [6.45, 7) is 0.680. The molecule has 0 saturated heterocycles. The first kappa shape index (κ1) is 22.1. The Labute approximate surface area is 168 Å². The number of hydrogen-bond donors (Lipinski definition) is 2. The standard InChI is InChI=1S/C19H20N2O7S/c1-13(21-29(25,26)16-9-4-3-5-10-16)18(23)28-12-17(22)20-15-8-6-7-14(11-15)19(24)27-2/h3-11,13,21H,12H2,1-2H3,(H,20,22)/t13-/m0/s1. The van der Waals surface area contributed by atoms with Crippen LogP contribution in [0.1, 0.15) is 17.3 Å². The molecule has 0 heterocycles. The number of hydrogen-bond acceptors (Lipinski definition) is 7.